The summed E-state index contributed by atoms with van der Waals surface area (Å²) in [4.78, 5) is 13.7. The summed E-state index contributed by atoms with van der Waals surface area (Å²) in [7, 11) is 0. The molecule has 0 amide bonds. The van der Waals surface area contributed by atoms with E-state index in [2.05, 4.69) is 91.4 Å². The van der Waals surface area contributed by atoms with Gasteiger partial charge >= 0.3 is 0 Å². The molecule has 4 aromatic rings. The molecule has 1 saturated heterocycles. The topological polar surface area (TPSA) is 73.8 Å². The van der Waals surface area contributed by atoms with E-state index in [1.165, 1.54) is 29.7 Å². The van der Waals surface area contributed by atoms with Crippen molar-refractivity contribution in [1.82, 2.24) is 14.9 Å². The van der Waals surface area contributed by atoms with Crippen LogP contribution in [-0.4, -0.2) is 46.2 Å². The zero-order chi connectivity index (χ0) is 41.3. The summed E-state index contributed by atoms with van der Waals surface area (Å²) in [6.45, 7) is 35.1. The number of benzene rings is 3. The molecule has 1 aromatic heterocycles. The highest BCUT2D eigenvalue weighted by Gasteiger charge is 2.37. The van der Waals surface area contributed by atoms with E-state index in [1.807, 2.05) is 58.9 Å². The van der Waals surface area contributed by atoms with Crippen LogP contribution in [0.1, 0.15) is 113 Å². The lowest BCUT2D eigenvalue weighted by molar-refractivity contribution is 0.0792. The molecule has 1 atom stereocenters. The fraction of sp³-hybridized carbons (Fsp3) is 0.489. The minimum Gasteiger partial charge on any atom is -0.451 e. The number of ether oxygens (including phenoxy) is 1. The molecule has 0 bridgehead atoms. The first kappa shape index (κ1) is 46.9. The number of halogens is 1. The van der Waals surface area contributed by atoms with E-state index in [1.54, 1.807) is 32.4 Å². The van der Waals surface area contributed by atoms with Crippen molar-refractivity contribution in [2.24, 2.45) is 11.3 Å². The Kier molecular flexibility index (Phi) is 19.0. The monoisotopic (exact) mass is 756 g/mol. The number of nitrogens with zero attached hydrogens (tertiary/aromatic N) is 4. The van der Waals surface area contributed by atoms with Crippen molar-refractivity contribution in [2.75, 3.05) is 36.4 Å². The largest absolute Gasteiger partial charge is 0.451 e. The van der Waals surface area contributed by atoms with Crippen molar-refractivity contribution in [2.45, 2.75) is 115 Å². The Morgan fingerprint density at radius 3 is 2.33 bits per heavy atom. The highest BCUT2D eigenvalue weighted by atomic mass is 19.1. The van der Waals surface area contributed by atoms with E-state index < -0.39 is 5.60 Å². The highest BCUT2D eigenvalue weighted by Crippen LogP contribution is 2.42. The molecule has 0 aliphatic carbocycles. The summed E-state index contributed by atoms with van der Waals surface area (Å²) in [5, 5.41) is 14.2. The first-order valence-corrected chi connectivity index (χ1v) is 20.2. The van der Waals surface area contributed by atoms with Gasteiger partial charge in [0, 0.05) is 43.1 Å². The zero-order valence-electron chi connectivity index (χ0n) is 36.2. The maximum Gasteiger partial charge on any atom is 0.188 e. The van der Waals surface area contributed by atoms with Gasteiger partial charge in [0.1, 0.15) is 17.9 Å². The van der Waals surface area contributed by atoms with Crippen LogP contribution in [-0.2, 0) is 12.1 Å². The van der Waals surface area contributed by atoms with Crippen LogP contribution in [0.25, 0.3) is 11.1 Å². The molecule has 1 fully saturated rings. The van der Waals surface area contributed by atoms with E-state index >= 15 is 0 Å². The Morgan fingerprint density at radius 1 is 1.04 bits per heavy atom. The van der Waals surface area contributed by atoms with Gasteiger partial charge < -0.3 is 20.1 Å². The molecule has 55 heavy (non-hydrogen) atoms. The molecule has 1 aliphatic rings. The molecule has 3 aromatic carbocycles. The lowest BCUT2D eigenvalue weighted by Crippen LogP contribution is -2.38. The van der Waals surface area contributed by atoms with E-state index in [9.17, 15) is 9.50 Å². The molecule has 7 nitrogen and oxygen atoms in total. The van der Waals surface area contributed by atoms with Crippen LogP contribution in [0.5, 0.6) is 11.5 Å². The molecule has 302 valence electrons. The molecule has 0 radical (unpaired) electrons. The molecule has 1 aliphatic heterocycles. The van der Waals surface area contributed by atoms with Gasteiger partial charge in [0.15, 0.2) is 11.6 Å². The Morgan fingerprint density at radius 2 is 1.71 bits per heavy atom. The van der Waals surface area contributed by atoms with Crippen molar-refractivity contribution >= 4 is 11.5 Å². The van der Waals surface area contributed by atoms with Gasteiger partial charge in [-0.1, -0.05) is 112 Å². The minimum absolute atomic E-state index is 0.0361. The quantitative estimate of drug-likeness (QED) is 0.141. The van der Waals surface area contributed by atoms with Gasteiger partial charge in [-0.05, 0) is 98.5 Å². The van der Waals surface area contributed by atoms with E-state index in [0.717, 1.165) is 56.4 Å². The molecular weight excluding hydrogens is 686 g/mol. The van der Waals surface area contributed by atoms with Crippen molar-refractivity contribution in [3.63, 3.8) is 0 Å². The number of rotatable bonds is 13. The minimum atomic E-state index is -1.13. The lowest BCUT2D eigenvalue weighted by atomic mass is 9.89. The molecule has 2 heterocycles. The van der Waals surface area contributed by atoms with Gasteiger partial charge in [0.25, 0.3) is 0 Å². The van der Waals surface area contributed by atoms with Crippen LogP contribution >= 0.6 is 0 Å². The fourth-order valence-corrected chi connectivity index (χ4v) is 6.33. The van der Waals surface area contributed by atoms with E-state index in [-0.39, 0.29) is 11.2 Å². The van der Waals surface area contributed by atoms with Crippen molar-refractivity contribution in [3.8, 4) is 22.6 Å². The third-order valence-electron chi connectivity index (χ3n) is 9.48. The Balaban J connectivity index is 0.00000106. The molecule has 2 N–H and O–H groups in total. The smallest absolute Gasteiger partial charge is 0.188 e. The standard InChI is InChI=1S/C38H46FN5O2.C5H12.2C2H6/c1-8-43(22-28-14-13-27(4)33(19-28)42-26(2)3)23-38(7)17-18-44(24-38)36-35(21-40-25-41-36)46-34-16-15-29(39)20-31(34)30-11-9-10-12-32(30)37(5,6)45;1-4-5(2)3;2*1-2/h9-16,19-21,25,42,45H,2,8,17-18,22-24H2,1,3-7H3;5H,4H2,1-3H3;2*1-2H3. The van der Waals surface area contributed by atoms with Gasteiger partial charge in [-0.15, -0.1) is 0 Å². The number of anilines is 2. The summed E-state index contributed by atoms with van der Waals surface area (Å²) >= 11 is 0. The second-order valence-electron chi connectivity index (χ2n) is 15.2. The summed E-state index contributed by atoms with van der Waals surface area (Å²) < 4.78 is 21.1. The van der Waals surface area contributed by atoms with Gasteiger partial charge in [-0.2, -0.15) is 0 Å². The lowest BCUT2D eigenvalue weighted by Gasteiger charge is -2.32. The van der Waals surface area contributed by atoms with Gasteiger partial charge in [-0.25, -0.2) is 14.4 Å². The molecule has 5 rings (SSSR count). The second kappa shape index (κ2) is 22.3. The summed E-state index contributed by atoms with van der Waals surface area (Å²) in [6.07, 6.45) is 5.52. The maximum absolute atomic E-state index is 14.6. The second-order valence-corrected chi connectivity index (χ2v) is 15.2. The van der Waals surface area contributed by atoms with Crippen molar-refractivity contribution in [3.05, 3.63) is 108 Å². The van der Waals surface area contributed by atoms with Gasteiger partial charge in [0.2, 0.25) is 0 Å². The number of aryl methyl sites for hydroxylation is 1. The number of aliphatic hydroxyl groups is 1. The number of aromatic nitrogens is 2. The number of allylic oxidation sites excluding steroid dienone is 1. The van der Waals surface area contributed by atoms with Crippen LogP contribution in [0, 0.1) is 24.1 Å². The Hall–Kier alpha value is -4.27. The average molecular weight is 756 g/mol. The zero-order valence-corrected chi connectivity index (χ0v) is 36.2. The fourth-order valence-electron chi connectivity index (χ4n) is 6.33. The molecule has 1 unspecified atom stereocenters. The number of nitrogens with one attached hydrogen (secondary N) is 1. The summed E-state index contributed by atoms with van der Waals surface area (Å²) in [5.74, 6) is 2.18. The van der Waals surface area contributed by atoms with Crippen LogP contribution in [0.3, 0.4) is 0 Å². The third-order valence-corrected chi connectivity index (χ3v) is 9.48. The van der Waals surface area contributed by atoms with Crippen LogP contribution in [0.15, 0.2) is 85.5 Å². The van der Waals surface area contributed by atoms with Crippen LogP contribution in [0.2, 0.25) is 0 Å². The molecule has 0 saturated carbocycles. The van der Waals surface area contributed by atoms with Crippen molar-refractivity contribution in [1.29, 1.82) is 0 Å². The van der Waals surface area contributed by atoms with Gasteiger partial charge in [-0.3, -0.25) is 4.90 Å². The van der Waals surface area contributed by atoms with E-state index in [0.29, 0.717) is 34.0 Å². The molecular formula is C47H70FN5O2. The SMILES string of the molecule is C=C(C)Nc1cc(CN(CC)CC2(C)CCN(c3ncncc3Oc3ccc(F)cc3-c3ccccc3C(C)(C)O)C2)ccc1C.CC.CC.CCC(C)C. The predicted octanol–water partition coefficient (Wildman–Crippen LogP) is 12.4. The Bertz CT molecular complexity index is 1770. The van der Waals surface area contributed by atoms with Crippen LogP contribution < -0.4 is 15.0 Å². The van der Waals surface area contributed by atoms with E-state index in [4.69, 9.17) is 4.74 Å². The number of hydrogen-bond donors (Lipinski definition) is 2. The molecule has 0 spiro atoms. The highest BCUT2D eigenvalue weighted by molar-refractivity contribution is 5.75. The summed E-state index contributed by atoms with van der Waals surface area (Å²) in [6, 6.07) is 18.5. The predicted molar refractivity (Wildman–Crippen MR) is 233 cm³/mol. The Labute approximate surface area is 333 Å². The first-order chi connectivity index (χ1) is 26.1. The maximum atomic E-state index is 14.6. The number of hydrogen-bond acceptors (Lipinski definition) is 7. The molecule has 8 heteroatoms. The van der Waals surface area contributed by atoms with Crippen molar-refractivity contribution < 1.29 is 14.2 Å². The first-order valence-electron chi connectivity index (χ1n) is 20.2. The van der Waals surface area contributed by atoms with Crippen LogP contribution in [0.4, 0.5) is 15.9 Å². The summed E-state index contributed by atoms with van der Waals surface area (Å²) in [5.41, 5.74) is 5.33. The third kappa shape index (κ3) is 14.1. The van der Waals surface area contributed by atoms with Gasteiger partial charge in [0.05, 0.1) is 11.8 Å². The average Bonchev–Trinajstić information content (AvgIpc) is 3.56. The normalized spacial score (nSPS) is 15.0.